The fourth-order valence-corrected chi connectivity index (χ4v) is 2.21. The lowest BCUT2D eigenvalue weighted by Crippen LogP contribution is -2.27. The normalized spacial score (nSPS) is 11.6. The highest BCUT2D eigenvalue weighted by Crippen LogP contribution is 2.30. The predicted octanol–water partition coefficient (Wildman–Crippen LogP) is 2.29. The van der Waals surface area contributed by atoms with Crippen molar-refractivity contribution in [2.45, 2.75) is 24.3 Å². The molecule has 0 atom stereocenters. The number of rotatable bonds is 4. The van der Waals surface area contributed by atoms with E-state index in [1.54, 1.807) is 13.8 Å². The molecule has 1 aromatic rings. The van der Waals surface area contributed by atoms with Gasteiger partial charge in [0.25, 0.3) is 0 Å². The summed E-state index contributed by atoms with van der Waals surface area (Å²) in [7, 11) is 0. The molecule has 78 valence electrons. The molecule has 0 radical (unpaired) electrons. The number of hydrogen-bond acceptors (Lipinski definition) is 5. The SMILES string of the molecule is CC(C)(SCc1nnsc1Cl)C(=O)O. The first-order chi connectivity index (χ1) is 6.43. The maximum absolute atomic E-state index is 10.8. The van der Waals surface area contributed by atoms with E-state index in [4.69, 9.17) is 16.7 Å². The summed E-state index contributed by atoms with van der Waals surface area (Å²) in [6.45, 7) is 3.29. The third-order valence-electron chi connectivity index (χ3n) is 1.59. The van der Waals surface area contributed by atoms with E-state index in [1.165, 1.54) is 11.8 Å². The molecule has 0 bridgehead atoms. The second-order valence-corrected chi connectivity index (χ2v) is 6.05. The van der Waals surface area contributed by atoms with Crippen LogP contribution in [0.3, 0.4) is 0 Å². The molecule has 1 aromatic heterocycles. The molecule has 0 saturated carbocycles. The maximum atomic E-state index is 10.8. The van der Waals surface area contributed by atoms with Gasteiger partial charge < -0.3 is 5.11 Å². The summed E-state index contributed by atoms with van der Waals surface area (Å²) < 4.78 is 3.37. The van der Waals surface area contributed by atoms with Crippen LogP contribution in [0.1, 0.15) is 19.5 Å². The van der Waals surface area contributed by atoms with Gasteiger partial charge in [-0.1, -0.05) is 16.1 Å². The van der Waals surface area contributed by atoms with Crippen molar-refractivity contribution in [3.8, 4) is 0 Å². The lowest BCUT2D eigenvalue weighted by molar-refractivity contribution is -0.138. The number of hydrogen-bond donors (Lipinski definition) is 1. The van der Waals surface area contributed by atoms with Crippen LogP contribution in [0, 0.1) is 0 Å². The number of aliphatic carboxylic acids is 1. The average Bonchev–Trinajstić information content (AvgIpc) is 2.47. The summed E-state index contributed by atoms with van der Waals surface area (Å²) in [5, 5.41) is 12.7. The number of halogens is 1. The maximum Gasteiger partial charge on any atom is 0.319 e. The molecule has 1 N–H and O–H groups in total. The second-order valence-electron chi connectivity index (χ2n) is 3.10. The van der Waals surface area contributed by atoms with Crippen molar-refractivity contribution in [3.05, 3.63) is 10.0 Å². The topological polar surface area (TPSA) is 63.1 Å². The van der Waals surface area contributed by atoms with Gasteiger partial charge in [-0.3, -0.25) is 4.79 Å². The van der Waals surface area contributed by atoms with Gasteiger partial charge in [0, 0.05) is 17.3 Å². The molecule has 0 aliphatic carbocycles. The van der Waals surface area contributed by atoms with Crippen molar-refractivity contribution in [1.82, 2.24) is 9.59 Å². The second kappa shape index (κ2) is 4.46. The Morgan fingerprint density at radius 1 is 1.71 bits per heavy atom. The highest BCUT2D eigenvalue weighted by molar-refractivity contribution is 8.00. The van der Waals surface area contributed by atoms with Crippen molar-refractivity contribution in [2.75, 3.05) is 0 Å². The van der Waals surface area contributed by atoms with Gasteiger partial charge >= 0.3 is 5.97 Å². The summed E-state index contributed by atoms with van der Waals surface area (Å²) in [6.07, 6.45) is 0. The van der Waals surface area contributed by atoms with Crippen molar-refractivity contribution in [1.29, 1.82) is 0 Å². The highest BCUT2D eigenvalue weighted by Gasteiger charge is 2.28. The van der Waals surface area contributed by atoms with Crippen molar-refractivity contribution >= 4 is 40.9 Å². The zero-order valence-electron chi connectivity index (χ0n) is 7.65. The van der Waals surface area contributed by atoms with Gasteiger partial charge in [0.05, 0.1) is 0 Å². The van der Waals surface area contributed by atoms with Gasteiger partial charge in [-0.2, -0.15) is 0 Å². The molecule has 0 unspecified atom stereocenters. The molecular weight excluding hydrogens is 244 g/mol. The number of aromatic nitrogens is 2. The van der Waals surface area contributed by atoms with Crippen molar-refractivity contribution in [3.63, 3.8) is 0 Å². The summed E-state index contributed by atoms with van der Waals surface area (Å²) >= 11 is 8.17. The first-order valence-electron chi connectivity index (χ1n) is 3.77. The Bertz CT molecular complexity index is 340. The number of thioether (sulfide) groups is 1. The Labute approximate surface area is 94.8 Å². The van der Waals surface area contributed by atoms with Gasteiger partial charge in [-0.15, -0.1) is 16.9 Å². The molecule has 0 aliphatic heterocycles. The fraction of sp³-hybridized carbons (Fsp3) is 0.571. The Kier molecular flexibility index (Phi) is 3.74. The van der Waals surface area contributed by atoms with Crippen LogP contribution in [-0.4, -0.2) is 25.4 Å². The van der Waals surface area contributed by atoms with E-state index in [9.17, 15) is 4.79 Å². The minimum atomic E-state index is -0.846. The van der Waals surface area contributed by atoms with E-state index >= 15 is 0 Å². The number of carboxylic acids is 1. The monoisotopic (exact) mass is 252 g/mol. The van der Waals surface area contributed by atoms with Crippen molar-refractivity contribution in [2.24, 2.45) is 0 Å². The van der Waals surface area contributed by atoms with E-state index < -0.39 is 10.7 Å². The molecule has 7 heteroatoms. The van der Waals surface area contributed by atoms with Crippen LogP contribution in [0.15, 0.2) is 0 Å². The molecule has 0 spiro atoms. The van der Waals surface area contributed by atoms with Crippen LogP contribution in [0.4, 0.5) is 0 Å². The molecule has 0 aromatic carbocycles. The Morgan fingerprint density at radius 3 is 2.79 bits per heavy atom. The van der Waals surface area contributed by atoms with Gasteiger partial charge in [-0.25, -0.2) is 0 Å². The van der Waals surface area contributed by atoms with Crippen LogP contribution in [0.2, 0.25) is 4.34 Å². The van der Waals surface area contributed by atoms with E-state index in [0.717, 1.165) is 11.5 Å². The molecule has 1 rings (SSSR count). The predicted molar refractivity (Wildman–Crippen MR) is 57.9 cm³/mol. The third kappa shape index (κ3) is 2.83. The molecule has 14 heavy (non-hydrogen) atoms. The highest BCUT2D eigenvalue weighted by atomic mass is 35.5. The summed E-state index contributed by atoms with van der Waals surface area (Å²) in [5.41, 5.74) is 0.649. The lowest BCUT2D eigenvalue weighted by Gasteiger charge is -2.17. The Hall–Kier alpha value is -0.330. The van der Waals surface area contributed by atoms with Crippen LogP contribution in [-0.2, 0) is 10.5 Å². The summed E-state index contributed by atoms with van der Waals surface area (Å²) in [4.78, 5) is 10.8. The number of carbonyl (C=O) groups is 1. The lowest BCUT2D eigenvalue weighted by atomic mass is 10.2. The Balaban J connectivity index is 2.57. The first kappa shape index (κ1) is 11.7. The van der Waals surface area contributed by atoms with E-state index in [2.05, 4.69) is 9.59 Å². The molecule has 0 saturated heterocycles. The van der Waals surface area contributed by atoms with Crippen LogP contribution in [0.25, 0.3) is 0 Å². The third-order valence-corrected chi connectivity index (χ3v) is 3.89. The summed E-state index contributed by atoms with van der Waals surface area (Å²) in [6, 6.07) is 0. The number of nitrogens with zero attached hydrogens (tertiary/aromatic N) is 2. The average molecular weight is 253 g/mol. The van der Waals surface area contributed by atoms with Crippen LogP contribution < -0.4 is 0 Å². The van der Waals surface area contributed by atoms with Crippen LogP contribution in [0.5, 0.6) is 0 Å². The molecule has 0 fully saturated rings. The largest absolute Gasteiger partial charge is 0.480 e. The zero-order chi connectivity index (χ0) is 10.8. The molecule has 1 heterocycles. The minimum Gasteiger partial charge on any atom is -0.480 e. The van der Waals surface area contributed by atoms with Crippen molar-refractivity contribution < 1.29 is 9.90 Å². The Morgan fingerprint density at radius 2 is 2.36 bits per heavy atom. The van der Waals surface area contributed by atoms with E-state index in [0.29, 0.717) is 15.8 Å². The molecule has 0 amide bonds. The fourth-order valence-electron chi connectivity index (χ4n) is 0.594. The zero-order valence-corrected chi connectivity index (χ0v) is 10.0. The molecule has 4 nitrogen and oxygen atoms in total. The first-order valence-corrected chi connectivity index (χ1v) is 5.91. The van der Waals surface area contributed by atoms with Gasteiger partial charge in [0.15, 0.2) is 0 Å². The number of carboxylic acid groups (broad SMARTS) is 1. The van der Waals surface area contributed by atoms with E-state index in [-0.39, 0.29) is 0 Å². The molecular formula is C7H9ClN2O2S2. The smallest absolute Gasteiger partial charge is 0.319 e. The van der Waals surface area contributed by atoms with E-state index in [1.807, 2.05) is 0 Å². The van der Waals surface area contributed by atoms with Gasteiger partial charge in [0.1, 0.15) is 14.8 Å². The quantitative estimate of drug-likeness (QED) is 0.891. The molecule has 0 aliphatic rings. The summed E-state index contributed by atoms with van der Waals surface area (Å²) in [5.74, 6) is -0.379. The standard InChI is InChI=1S/C7H9ClN2O2S2/c1-7(2,6(11)12)13-3-4-5(8)14-10-9-4/h3H2,1-2H3,(H,11,12). The minimum absolute atomic E-state index is 0.467. The van der Waals surface area contributed by atoms with Gasteiger partial charge in [-0.05, 0) is 13.8 Å². The van der Waals surface area contributed by atoms with Crippen LogP contribution >= 0.6 is 34.9 Å². The van der Waals surface area contributed by atoms with Gasteiger partial charge in [0.2, 0.25) is 0 Å².